The van der Waals surface area contributed by atoms with Gasteiger partial charge in [-0.1, -0.05) is 31.5 Å². The fourth-order valence-electron chi connectivity index (χ4n) is 3.10. The Hall–Kier alpha value is -0.110. The topological polar surface area (TPSA) is 3.24 Å². The van der Waals surface area contributed by atoms with Gasteiger partial charge in [0, 0.05) is 13.1 Å². The second-order valence-corrected chi connectivity index (χ2v) is 5.66. The molecule has 14 heavy (non-hydrogen) atoms. The molecule has 1 aliphatic carbocycles. The van der Waals surface area contributed by atoms with Crippen LogP contribution >= 0.6 is 12.2 Å². The normalized spacial score (nSPS) is 26.5. The number of likely N-dealkylation sites (tertiary alicyclic amines) is 1. The fraction of sp³-hybridized carbons (Fsp3) is 0.917. The minimum atomic E-state index is 0.722. The third-order valence-electron chi connectivity index (χ3n) is 4.18. The number of piperidine rings is 1. The van der Waals surface area contributed by atoms with Gasteiger partial charge in [0.15, 0.2) is 0 Å². The molecule has 0 amide bonds. The van der Waals surface area contributed by atoms with E-state index in [-0.39, 0.29) is 0 Å². The van der Waals surface area contributed by atoms with E-state index >= 15 is 0 Å². The van der Waals surface area contributed by atoms with Crippen LogP contribution in [-0.2, 0) is 0 Å². The van der Waals surface area contributed by atoms with Crippen molar-refractivity contribution >= 4 is 17.2 Å². The number of nitrogens with zero attached hydrogens (tertiary/aromatic N) is 1. The van der Waals surface area contributed by atoms with Gasteiger partial charge >= 0.3 is 0 Å². The molecule has 1 spiro atoms. The maximum absolute atomic E-state index is 5.23. The van der Waals surface area contributed by atoms with Crippen LogP contribution in [0.2, 0.25) is 0 Å². The van der Waals surface area contributed by atoms with Crippen LogP contribution in [0.3, 0.4) is 0 Å². The predicted molar refractivity (Wildman–Crippen MR) is 64.6 cm³/mol. The van der Waals surface area contributed by atoms with Crippen LogP contribution in [0.5, 0.6) is 0 Å². The monoisotopic (exact) mass is 211 g/mol. The lowest BCUT2D eigenvalue weighted by atomic mass is 9.68. The first-order chi connectivity index (χ1) is 6.72. The van der Waals surface area contributed by atoms with Gasteiger partial charge in [-0.05, 0) is 38.0 Å². The minimum Gasteiger partial charge on any atom is -0.366 e. The van der Waals surface area contributed by atoms with Crippen molar-refractivity contribution in [3.63, 3.8) is 0 Å². The summed E-state index contributed by atoms with van der Waals surface area (Å²) in [4.78, 5) is 3.48. The van der Waals surface area contributed by atoms with Gasteiger partial charge in [-0.25, -0.2) is 0 Å². The molecule has 0 bridgehead atoms. The van der Waals surface area contributed by atoms with Crippen LogP contribution in [-0.4, -0.2) is 23.0 Å². The van der Waals surface area contributed by atoms with E-state index in [1.54, 1.807) is 0 Å². The third-order valence-corrected chi connectivity index (χ3v) is 4.44. The Morgan fingerprint density at radius 2 is 1.57 bits per heavy atom. The van der Waals surface area contributed by atoms with Crippen LogP contribution in [0.15, 0.2) is 0 Å². The van der Waals surface area contributed by atoms with Gasteiger partial charge in [0.1, 0.15) is 0 Å². The zero-order valence-electron chi connectivity index (χ0n) is 9.22. The molecule has 2 fully saturated rings. The van der Waals surface area contributed by atoms with Gasteiger partial charge in [-0.2, -0.15) is 0 Å². The maximum atomic E-state index is 5.23. The summed E-state index contributed by atoms with van der Waals surface area (Å²) in [6.07, 6.45) is 10.2. The van der Waals surface area contributed by atoms with E-state index in [4.69, 9.17) is 12.2 Å². The molecule has 2 rings (SSSR count). The summed E-state index contributed by atoms with van der Waals surface area (Å²) < 4.78 is 0. The Balaban J connectivity index is 1.90. The summed E-state index contributed by atoms with van der Waals surface area (Å²) in [5.41, 5.74) is 0.722. The second-order valence-electron chi connectivity index (χ2n) is 5.07. The Kier molecular flexibility index (Phi) is 3.10. The maximum Gasteiger partial charge on any atom is 0.0747 e. The summed E-state index contributed by atoms with van der Waals surface area (Å²) in [5.74, 6) is 0. The van der Waals surface area contributed by atoms with E-state index in [1.807, 2.05) is 0 Å². The van der Waals surface area contributed by atoms with Crippen LogP contribution in [0.1, 0.15) is 51.9 Å². The summed E-state index contributed by atoms with van der Waals surface area (Å²) in [6.45, 7) is 4.50. The highest BCUT2D eigenvalue weighted by atomic mass is 32.1. The van der Waals surface area contributed by atoms with Gasteiger partial charge in [0.05, 0.1) is 4.99 Å². The lowest BCUT2D eigenvalue weighted by Gasteiger charge is -2.44. The highest BCUT2D eigenvalue weighted by molar-refractivity contribution is 7.80. The molecular formula is C12H21NS. The minimum absolute atomic E-state index is 0.722. The molecule has 1 saturated carbocycles. The number of thiocarbonyl (C=S) groups is 1. The third kappa shape index (κ3) is 2.10. The van der Waals surface area contributed by atoms with Crippen molar-refractivity contribution in [2.24, 2.45) is 5.41 Å². The molecule has 0 aromatic heterocycles. The molecule has 0 radical (unpaired) electrons. The van der Waals surface area contributed by atoms with Crippen molar-refractivity contribution in [3.05, 3.63) is 0 Å². The molecule has 0 unspecified atom stereocenters. The van der Waals surface area contributed by atoms with E-state index in [0.717, 1.165) is 10.4 Å². The molecule has 0 aromatic carbocycles. The number of hydrogen-bond acceptors (Lipinski definition) is 1. The van der Waals surface area contributed by atoms with E-state index in [1.165, 1.54) is 58.0 Å². The molecule has 0 N–H and O–H groups in total. The van der Waals surface area contributed by atoms with Crippen LogP contribution in [0.25, 0.3) is 0 Å². The summed E-state index contributed by atoms with van der Waals surface area (Å²) in [5, 5.41) is 0. The average molecular weight is 211 g/mol. The largest absolute Gasteiger partial charge is 0.366 e. The molecule has 2 aliphatic rings. The molecule has 2 heteroatoms. The average Bonchev–Trinajstić information content (AvgIpc) is 2.19. The number of hydrogen-bond donors (Lipinski definition) is 0. The van der Waals surface area contributed by atoms with Crippen molar-refractivity contribution in [2.75, 3.05) is 13.1 Å². The Morgan fingerprint density at radius 1 is 1.00 bits per heavy atom. The summed E-state index contributed by atoms with van der Waals surface area (Å²) >= 11 is 5.23. The first-order valence-electron chi connectivity index (χ1n) is 5.97. The lowest BCUT2D eigenvalue weighted by Crippen LogP contribution is -2.42. The predicted octanol–water partition coefficient (Wildman–Crippen LogP) is 3.38. The highest BCUT2D eigenvalue weighted by Gasteiger charge is 2.35. The van der Waals surface area contributed by atoms with Gasteiger partial charge in [0.2, 0.25) is 0 Å². The molecule has 1 heterocycles. The van der Waals surface area contributed by atoms with Gasteiger partial charge < -0.3 is 4.90 Å². The fourth-order valence-corrected chi connectivity index (χ4v) is 3.28. The zero-order valence-corrected chi connectivity index (χ0v) is 10.0. The van der Waals surface area contributed by atoms with Gasteiger partial charge in [-0.3, -0.25) is 0 Å². The highest BCUT2D eigenvalue weighted by Crippen LogP contribution is 2.44. The second kappa shape index (κ2) is 4.18. The molecule has 80 valence electrons. The summed E-state index contributed by atoms with van der Waals surface area (Å²) in [6, 6.07) is 0. The lowest BCUT2D eigenvalue weighted by molar-refractivity contribution is 0.0986. The van der Waals surface area contributed by atoms with Crippen LogP contribution < -0.4 is 0 Å². The van der Waals surface area contributed by atoms with Crippen molar-refractivity contribution in [3.8, 4) is 0 Å². The van der Waals surface area contributed by atoms with Crippen LogP contribution in [0, 0.1) is 5.41 Å². The van der Waals surface area contributed by atoms with E-state index in [9.17, 15) is 0 Å². The zero-order chi connectivity index (χ0) is 10.0. The molecule has 1 aliphatic heterocycles. The molecule has 1 saturated heterocycles. The standard InChI is InChI=1S/C12H21NS/c1-11(14)13-9-7-12(8-10-13)5-3-2-4-6-12/h2-10H2,1H3. The molecule has 0 aromatic rings. The Bertz CT molecular complexity index is 208. The number of rotatable bonds is 0. The van der Waals surface area contributed by atoms with Crippen molar-refractivity contribution in [1.29, 1.82) is 0 Å². The molecular weight excluding hydrogens is 190 g/mol. The summed E-state index contributed by atoms with van der Waals surface area (Å²) in [7, 11) is 0. The van der Waals surface area contributed by atoms with E-state index in [0.29, 0.717) is 0 Å². The van der Waals surface area contributed by atoms with Crippen LogP contribution in [0.4, 0.5) is 0 Å². The molecule has 0 atom stereocenters. The van der Waals surface area contributed by atoms with E-state index < -0.39 is 0 Å². The first kappa shape index (κ1) is 10.4. The Morgan fingerprint density at radius 3 is 2.07 bits per heavy atom. The quantitative estimate of drug-likeness (QED) is 0.565. The SMILES string of the molecule is CC(=S)N1CCC2(CCCCC2)CC1. The van der Waals surface area contributed by atoms with Gasteiger partial charge in [-0.15, -0.1) is 0 Å². The van der Waals surface area contributed by atoms with Crippen molar-refractivity contribution < 1.29 is 0 Å². The van der Waals surface area contributed by atoms with Crippen molar-refractivity contribution in [1.82, 2.24) is 4.90 Å². The smallest absolute Gasteiger partial charge is 0.0747 e. The van der Waals surface area contributed by atoms with Gasteiger partial charge in [0.25, 0.3) is 0 Å². The van der Waals surface area contributed by atoms with E-state index in [2.05, 4.69) is 11.8 Å². The Labute approximate surface area is 92.9 Å². The first-order valence-corrected chi connectivity index (χ1v) is 6.38. The van der Waals surface area contributed by atoms with Crippen molar-refractivity contribution in [2.45, 2.75) is 51.9 Å². The molecule has 1 nitrogen and oxygen atoms in total.